The van der Waals surface area contributed by atoms with Gasteiger partial charge in [0.05, 0.1) is 12.3 Å². The summed E-state index contributed by atoms with van der Waals surface area (Å²) in [5.74, 6) is -0.557. The van der Waals surface area contributed by atoms with Gasteiger partial charge in [-0.25, -0.2) is 9.78 Å². The van der Waals surface area contributed by atoms with E-state index < -0.39 is 12.1 Å². The van der Waals surface area contributed by atoms with Crippen molar-refractivity contribution in [2.45, 2.75) is 39.8 Å². The van der Waals surface area contributed by atoms with E-state index in [0.717, 1.165) is 5.56 Å². The number of benzene rings is 1. The molecule has 2 rings (SSSR count). The minimum atomic E-state index is -1.03. The number of imidazole rings is 1. The molecule has 0 unspecified atom stereocenters. The van der Waals surface area contributed by atoms with Crippen LogP contribution < -0.4 is 0 Å². The van der Waals surface area contributed by atoms with Crippen molar-refractivity contribution in [2.75, 3.05) is 6.61 Å². The number of carbonyl (C=O) groups is 1. The van der Waals surface area contributed by atoms with E-state index >= 15 is 0 Å². The van der Waals surface area contributed by atoms with Gasteiger partial charge in [-0.1, -0.05) is 17.7 Å². The Balaban J connectivity index is 2.63. The molecule has 1 aromatic heterocycles. The van der Waals surface area contributed by atoms with E-state index in [0.29, 0.717) is 21.0 Å². The fraction of sp³-hybridized carbons (Fsp3) is 0.412. The predicted molar refractivity (Wildman–Crippen MR) is 96.5 cm³/mol. The summed E-state index contributed by atoms with van der Waals surface area (Å²) in [5.41, 5.74) is 2.01. The van der Waals surface area contributed by atoms with Gasteiger partial charge < -0.3 is 14.4 Å². The fourth-order valence-corrected chi connectivity index (χ4v) is 3.62. The summed E-state index contributed by atoms with van der Waals surface area (Å²) < 4.78 is 7.34. The third-order valence-corrected chi connectivity index (χ3v) is 4.47. The molecule has 24 heavy (non-hydrogen) atoms. The molecule has 5 nitrogen and oxygen atoms in total. The van der Waals surface area contributed by atoms with Crippen molar-refractivity contribution < 1.29 is 14.6 Å². The van der Waals surface area contributed by atoms with Gasteiger partial charge in [0, 0.05) is 11.1 Å². The normalized spacial score (nSPS) is 12.5. The molecule has 1 aromatic carbocycles. The zero-order valence-electron chi connectivity index (χ0n) is 14.0. The number of nitrogens with zero attached hydrogens (tertiary/aromatic N) is 2. The van der Waals surface area contributed by atoms with Gasteiger partial charge in [0.25, 0.3) is 0 Å². The lowest BCUT2D eigenvalue weighted by Gasteiger charge is -2.20. The number of ether oxygens (including phenoxy) is 1. The highest BCUT2D eigenvalue weighted by Gasteiger charge is 2.30. The van der Waals surface area contributed by atoms with Crippen molar-refractivity contribution in [3.63, 3.8) is 0 Å². The number of carbonyl (C=O) groups excluding carboxylic acids is 1. The van der Waals surface area contributed by atoms with Crippen LogP contribution in [0.4, 0.5) is 0 Å². The maximum atomic E-state index is 12.3. The van der Waals surface area contributed by atoms with Gasteiger partial charge >= 0.3 is 5.97 Å². The number of esters is 1. The number of rotatable bonds is 5. The van der Waals surface area contributed by atoms with Crippen molar-refractivity contribution >= 4 is 33.5 Å². The Labute approximate surface area is 154 Å². The minimum absolute atomic E-state index is 0.00712. The lowest BCUT2D eigenvalue weighted by Crippen LogP contribution is -2.17. The first kappa shape index (κ1) is 19.0. The molecule has 0 saturated heterocycles. The molecule has 0 amide bonds. The lowest BCUT2D eigenvalue weighted by atomic mass is 9.99. The van der Waals surface area contributed by atoms with Gasteiger partial charge in [0.2, 0.25) is 0 Å². The maximum absolute atomic E-state index is 12.3. The van der Waals surface area contributed by atoms with Gasteiger partial charge in [-0.05, 0) is 66.9 Å². The first-order valence-electron chi connectivity index (χ1n) is 7.66. The van der Waals surface area contributed by atoms with Crippen LogP contribution in [0, 0.1) is 6.92 Å². The zero-order valence-corrected chi connectivity index (χ0v) is 16.3. The number of aliphatic hydroxyl groups excluding tert-OH is 1. The van der Waals surface area contributed by atoms with Crippen LogP contribution in [0.15, 0.2) is 22.9 Å². The van der Waals surface area contributed by atoms with E-state index in [-0.39, 0.29) is 18.3 Å². The molecule has 0 aliphatic carbocycles. The fourth-order valence-electron chi connectivity index (χ4n) is 2.61. The van der Waals surface area contributed by atoms with Crippen LogP contribution in [0.5, 0.6) is 0 Å². The summed E-state index contributed by atoms with van der Waals surface area (Å²) in [5, 5.41) is 11.6. The molecule has 130 valence electrons. The standard InChI is InChI=1S/C17H20BrClN2O3/c1-5-24-16(23)13-14(21(9(2)3)17(18)20-13)15(22)12-7-6-11(19)8-10(12)4/h6-9,15,22H,5H2,1-4H3/t15-/m0/s1. The average molecular weight is 416 g/mol. The Bertz CT molecular complexity index is 759. The summed E-state index contributed by atoms with van der Waals surface area (Å²) >= 11 is 9.37. The summed E-state index contributed by atoms with van der Waals surface area (Å²) in [6.07, 6.45) is -1.03. The third-order valence-electron chi connectivity index (χ3n) is 3.68. The van der Waals surface area contributed by atoms with E-state index in [2.05, 4.69) is 20.9 Å². The Morgan fingerprint density at radius 1 is 1.46 bits per heavy atom. The van der Waals surface area contributed by atoms with Gasteiger partial charge in [-0.15, -0.1) is 0 Å². The monoisotopic (exact) mass is 414 g/mol. The first-order valence-corrected chi connectivity index (χ1v) is 8.83. The van der Waals surface area contributed by atoms with Crippen LogP contribution in [0.2, 0.25) is 5.02 Å². The van der Waals surface area contributed by atoms with E-state index in [4.69, 9.17) is 16.3 Å². The Hall–Kier alpha value is -1.37. The van der Waals surface area contributed by atoms with Crippen LogP contribution in [0.25, 0.3) is 0 Å². The molecular weight excluding hydrogens is 396 g/mol. The minimum Gasteiger partial charge on any atom is -0.461 e. The van der Waals surface area contributed by atoms with E-state index in [9.17, 15) is 9.90 Å². The number of halogens is 2. The summed E-state index contributed by atoms with van der Waals surface area (Å²) in [4.78, 5) is 16.5. The van der Waals surface area contributed by atoms with Crippen LogP contribution in [-0.2, 0) is 4.74 Å². The molecular formula is C17H20BrClN2O3. The highest BCUT2D eigenvalue weighted by molar-refractivity contribution is 9.10. The molecule has 0 spiro atoms. The molecule has 2 aromatic rings. The second-order valence-electron chi connectivity index (χ2n) is 5.70. The Kier molecular flexibility index (Phi) is 6.06. The topological polar surface area (TPSA) is 64.3 Å². The highest BCUT2D eigenvalue weighted by atomic mass is 79.9. The van der Waals surface area contributed by atoms with Gasteiger partial charge in [0.1, 0.15) is 6.10 Å². The van der Waals surface area contributed by atoms with Crippen molar-refractivity contribution in [3.05, 3.63) is 50.5 Å². The Morgan fingerprint density at radius 3 is 2.67 bits per heavy atom. The van der Waals surface area contributed by atoms with Crippen LogP contribution in [0.1, 0.15) is 60.2 Å². The summed E-state index contributed by atoms with van der Waals surface area (Å²) in [7, 11) is 0. The van der Waals surface area contributed by atoms with Crippen molar-refractivity contribution in [2.24, 2.45) is 0 Å². The van der Waals surface area contributed by atoms with Crippen molar-refractivity contribution in [1.82, 2.24) is 9.55 Å². The molecule has 0 saturated carbocycles. The second-order valence-corrected chi connectivity index (χ2v) is 6.85. The maximum Gasteiger partial charge on any atom is 0.358 e. The average Bonchev–Trinajstić information content (AvgIpc) is 2.84. The number of aryl methyl sites for hydroxylation is 1. The third kappa shape index (κ3) is 3.66. The molecule has 0 aliphatic rings. The zero-order chi connectivity index (χ0) is 18.0. The molecule has 1 heterocycles. The summed E-state index contributed by atoms with van der Waals surface area (Å²) in [6.45, 7) is 7.73. The van der Waals surface area contributed by atoms with E-state index in [1.807, 2.05) is 20.8 Å². The molecule has 0 radical (unpaired) electrons. The first-order chi connectivity index (χ1) is 11.3. The molecule has 1 atom stereocenters. The van der Waals surface area contributed by atoms with Crippen molar-refractivity contribution in [3.8, 4) is 0 Å². The number of hydrogen-bond acceptors (Lipinski definition) is 4. The molecule has 0 fully saturated rings. The van der Waals surface area contributed by atoms with Crippen LogP contribution in [0.3, 0.4) is 0 Å². The van der Waals surface area contributed by atoms with Gasteiger partial charge in [-0.3, -0.25) is 0 Å². The SMILES string of the molecule is CCOC(=O)c1nc(Br)n(C(C)C)c1[C@@H](O)c1ccc(Cl)cc1C. The summed E-state index contributed by atoms with van der Waals surface area (Å²) in [6, 6.07) is 5.23. The van der Waals surface area contributed by atoms with E-state index in [1.54, 1.807) is 29.7 Å². The van der Waals surface area contributed by atoms with Crippen LogP contribution >= 0.6 is 27.5 Å². The van der Waals surface area contributed by atoms with Crippen molar-refractivity contribution in [1.29, 1.82) is 0 Å². The largest absolute Gasteiger partial charge is 0.461 e. The van der Waals surface area contributed by atoms with Gasteiger partial charge in [-0.2, -0.15) is 0 Å². The number of aliphatic hydroxyl groups is 1. The number of aromatic nitrogens is 2. The van der Waals surface area contributed by atoms with Gasteiger partial charge in [0.15, 0.2) is 10.4 Å². The molecule has 7 heteroatoms. The van der Waals surface area contributed by atoms with E-state index in [1.165, 1.54) is 0 Å². The Morgan fingerprint density at radius 2 is 2.12 bits per heavy atom. The molecule has 0 aliphatic heterocycles. The second kappa shape index (κ2) is 7.68. The van der Waals surface area contributed by atoms with Crippen LogP contribution in [-0.4, -0.2) is 27.2 Å². The molecule has 0 bridgehead atoms. The predicted octanol–water partition coefficient (Wildman–Crippen LogP) is 4.45. The smallest absolute Gasteiger partial charge is 0.358 e. The quantitative estimate of drug-likeness (QED) is 0.733. The molecule has 1 N–H and O–H groups in total. The number of hydrogen-bond donors (Lipinski definition) is 1. The lowest BCUT2D eigenvalue weighted by molar-refractivity contribution is 0.0513. The highest BCUT2D eigenvalue weighted by Crippen LogP contribution is 2.33.